The molecule has 0 unspecified atom stereocenters. The monoisotopic (exact) mass is 338 g/mol. The van der Waals surface area contributed by atoms with Crippen molar-refractivity contribution in [1.29, 1.82) is 0 Å². The highest BCUT2D eigenvalue weighted by Gasteiger charge is 2.13. The first-order valence-electron chi connectivity index (χ1n) is 6.39. The van der Waals surface area contributed by atoms with Gasteiger partial charge in [0.15, 0.2) is 5.75 Å². The highest BCUT2D eigenvalue weighted by atomic mass is 79.9. The maximum Gasteiger partial charge on any atom is 0.223 e. The van der Waals surface area contributed by atoms with E-state index in [1.165, 1.54) is 0 Å². The lowest BCUT2D eigenvalue weighted by Gasteiger charge is -2.21. The molecule has 2 aromatic heterocycles. The zero-order chi connectivity index (χ0) is 14.8. The van der Waals surface area contributed by atoms with Crippen molar-refractivity contribution >= 4 is 15.9 Å². The SMILES string of the molecule is Cn1cc(Oc2ncc(Br)cc2CNC(C)(C)C)cn1. The molecule has 2 heterocycles. The van der Waals surface area contributed by atoms with Gasteiger partial charge in [-0.25, -0.2) is 4.98 Å². The summed E-state index contributed by atoms with van der Waals surface area (Å²) in [5, 5.41) is 7.52. The molecule has 1 N–H and O–H groups in total. The molecule has 0 aliphatic rings. The van der Waals surface area contributed by atoms with E-state index in [-0.39, 0.29) is 5.54 Å². The van der Waals surface area contributed by atoms with E-state index in [0.29, 0.717) is 18.2 Å². The molecule has 0 spiro atoms. The molecular formula is C14H19BrN4O. The Labute approximate surface area is 127 Å². The molecular weight excluding hydrogens is 320 g/mol. The van der Waals surface area contributed by atoms with Crippen molar-refractivity contribution in [2.75, 3.05) is 0 Å². The summed E-state index contributed by atoms with van der Waals surface area (Å²) in [6.45, 7) is 7.06. The van der Waals surface area contributed by atoms with Gasteiger partial charge in [-0.2, -0.15) is 5.10 Å². The number of hydrogen-bond donors (Lipinski definition) is 1. The predicted octanol–water partition coefficient (Wildman–Crippen LogP) is 3.26. The van der Waals surface area contributed by atoms with Crippen LogP contribution >= 0.6 is 15.9 Å². The minimum absolute atomic E-state index is 0.0356. The van der Waals surface area contributed by atoms with Crippen molar-refractivity contribution in [2.45, 2.75) is 32.9 Å². The lowest BCUT2D eigenvalue weighted by molar-refractivity contribution is 0.409. The Morgan fingerprint density at radius 2 is 2.10 bits per heavy atom. The Morgan fingerprint density at radius 1 is 1.35 bits per heavy atom. The molecule has 6 heteroatoms. The summed E-state index contributed by atoms with van der Waals surface area (Å²) in [6, 6.07) is 2.01. The van der Waals surface area contributed by atoms with Crippen LogP contribution in [0.4, 0.5) is 0 Å². The summed E-state index contributed by atoms with van der Waals surface area (Å²) in [4.78, 5) is 4.34. The van der Waals surface area contributed by atoms with Crippen LogP contribution in [0.2, 0.25) is 0 Å². The van der Waals surface area contributed by atoms with Crippen LogP contribution in [-0.4, -0.2) is 20.3 Å². The molecule has 108 valence electrons. The largest absolute Gasteiger partial charge is 0.435 e. The third-order valence-electron chi connectivity index (χ3n) is 2.60. The van der Waals surface area contributed by atoms with Crippen LogP contribution < -0.4 is 10.1 Å². The number of rotatable bonds is 4. The number of hydrogen-bond acceptors (Lipinski definition) is 4. The molecule has 0 aliphatic carbocycles. The summed E-state index contributed by atoms with van der Waals surface area (Å²) in [7, 11) is 1.85. The summed E-state index contributed by atoms with van der Waals surface area (Å²) in [6.07, 6.45) is 5.21. The van der Waals surface area contributed by atoms with Gasteiger partial charge in [-0.3, -0.25) is 4.68 Å². The van der Waals surface area contributed by atoms with Crippen LogP contribution in [0.25, 0.3) is 0 Å². The molecule has 0 aliphatic heterocycles. The summed E-state index contributed by atoms with van der Waals surface area (Å²) < 4.78 is 8.42. The molecule has 0 atom stereocenters. The van der Waals surface area contributed by atoms with Crippen LogP contribution in [0.15, 0.2) is 29.1 Å². The molecule has 0 saturated carbocycles. The average Bonchev–Trinajstić information content (AvgIpc) is 2.74. The Kier molecular flexibility index (Phi) is 4.45. The fraction of sp³-hybridized carbons (Fsp3) is 0.429. The number of nitrogens with one attached hydrogen (secondary N) is 1. The van der Waals surface area contributed by atoms with Gasteiger partial charge < -0.3 is 10.1 Å². The van der Waals surface area contributed by atoms with E-state index in [1.807, 2.05) is 19.3 Å². The normalized spacial score (nSPS) is 11.7. The Balaban J connectivity index is 2.19. The zero-order valence-corrected chi connectivity index (χ0v) is 13.7. The van der Waals surface area contributed by atoms with Crippen LogP contribution in [0.3, 0.4) is 0 Å². The first kappa shape index (κ1) is 15.0. The smallest absolute Gasteiger partial charge is 0.223 e. The Hall–Kier alpha value is -1.40. The van der Waals surface area contributed by atoms with E-state index in [2.05, 4.69) is 52.1 Å². The van der Waals surface area contributed by atoms with Gasteiger partial charge in [-0.15, -0.1) is 0 Å². The zero-order valence-electron chi connectivity index (χ0n) is 12.1. The number of aromatic nitrogens is 3. The van der Waals surface area contributed by atoms with Crippen LogP contribution in [0.5, 0.6) is 11.6 Å². The molecule has 0 aromatic carbocycles. The topological polar surface area (TPSA) is 52.0 Å². The van der Waals surface area contributed by atoms with Crippen molar-refractivity contribution in [2.24, 2.45) is 7.05 Å². The average molecular weight is 339 g/mol. The quantitative estimate of drug-likeness (QED) is 0.929. The van der Waals surface area contributed by atoms with Gasteiger partial charge >= 0.3 is 0 Å². The van der Waals surface area contributed by atoms with Gasteiger partial charge in [-0.1, -0.05) is 0 Å². The van der Waals surface area contributed by atoms with Crippen LogP contribution in [0.1, 0.15) is 26.3 Å². The first-order chi connectivity index (χ1) is 9.33. The predicted molar refractivity (Wildman–Crippen MR) is 81.8 cm³/mol. The molecule has 0 radical (unpaired) electrons. The second-order valence-corrected chi connectivity index (χ2v) is 6.59. The summed E-state index contributed by atoms with van der Waals surface area (Å²) in [5.74, 6) is 1.28. The van der Waals surface area contributed by atoms with Gasteiger partial charge in [0.05, 0.1) is 12.4 Å². The second kappa shape index (κ2) is 5.93. The Morgan fingerprint density at radius 3 is 2.70 bits per heavy atom. The number of nitrogens with zero attached hydrogens (tertiary/aromatic N) is 3. The van der Waals surface area contributed by atoms with E-state index in [4.69, 9.17) is 4.74 Å². The van der Waals surface area contributed by atoms with Crippen molar-refractivity contribution in [3.63, 3.8) is 0 Å². The van der Waals surface area contributed by atoms with E-state index in [9.17, 15) is 0 Å². The first-order valence-corrected chi connectivity index (χ1v) is 7.19. The van der Waals surface area contributed by atoms with Gasteiger partial charge in [-0.05, 0) is 42.8 Å². The molecule has 2 aromatic rings. The lowest BCUT2D eigenvalue weighted by Crippen LogP contribution is -2.35. The fourth-order valence-electron chi connectivity index (χ4n) is 1.61. The van der Waals surface area contributed by atoms with Crippen molar-refractivity contribution in [1.82, 2.24) is 20.1 Å². The van der Waals surface area contributed by atoms with Crippen LogP contribution in [-0.2, 0) is 13.6 Å². The number of ether oxygens (including phenoxy) is 1. The maximum absolute atomic E-state index is 5.80. The van der Waals surface area contributed by atoms with E-state index in [1.54, 1.807) is 17.1 Å². The van der Waals surface area contributed by atoms with Crippen molar-refractivity contribution in [3.8, 4) is 11.6 Å². The van der Waals surface area contributed by atoms with E-state index < -0.39 is 0 Å². The summed E-state index contributed by atoms with van der Waals surface area (Å²) >= 11 is 3.44. The number of halogens is 1. The standard InChI is InChI=1S/C14H19BrN4O/c1-14(2,3)17-6-10-5-11(15)7-16-13(10)20-12-8-18-19(4)9-12/h5,7-9,17H,6H2,1-4H3. The van der Waals surface area contributed by atoms with Gasteiger partial charge in [0.1, 0.15) is 0 Å². The third-order valence-corrected chi connectivity index (χ3v) is 3.03. The van der Waals surface area contributed by atoms with Gasteiger partial charge in [0.25, 0.3) is 0 Å². The minimum atomic E-state index is 0.0356. The van der Waals surface area contributed by atoms with Crippen LogP contribution in [0, 0.1) is 0 Å². The van der Waals surface area contributed by atoms with Crippen molar-refractivity contribution < 1.29 is 4.74 Å². The van der Waals surface area contributed by atoms with Gasteiger partial charge in [0.2, 0.25) is 5.88 Å². The number of aryl methyl sites for hydroxylation is 1. The maximum atomic E-state index is 5.80. The van der Waals surface area contributed by atoms with Gasteiger partial charge in [0, 0.05) is 35.4 Å². The van der Waals surface area contributed by atoms with Crippen molar-refractivity contribution in [3.05, 3.63) is 34.7 Å². The molecule has 2 rings (SSSR count). The minimum Gasteiger partial charge on any atom is -0.435 e. The fourth-order valence-corrected chi connectivity index (χ4v) is 1.99. The summed E-state index contributed by atoms with van der Waals surface area (Å²) in [5.41, 5.74) is 1.03. The second-order valence-electron chi connectivity index (χ2n) is 5.67. The Bertz CT molecular complexity index is 589. The molecule has 20 heavy (non-hydrogen) atoms. The number of pyridine rings is 1. The lowest BCUT2D eigenvalue weighted by atomic mass is 10.1. The highest BCUT2D eigenvalue weighted by Crippen LogP contribution is 2.25. The molecule has 0 saturated heterocycles. The highest BCUT2D eigenvalue weighted by molar-refractivity contribution is 9.10. The van der Waals surface area contributed by atoms with E-state index >= 15 is 0 Å². The molecule has 5 nitrogen and oxygen atoms in total. The molecule has 0 bridgehead atoms. The molecule has 0 amide bonds. The molecule has 0 fully saturated rings. The van der Waals surface area contributed by atoms with E-state index in [0.717, 1.165) is 10.0 Å². The third kappa shape index (κ3) is 4.31.